The van der Waals surface area contributed by atoms with E-state index in [9.17, 15) is 0 Å². The topological polar surface area (TPSA) is 41.8 Å². The lowest BCUT2D eigenvalue weighted by atomic mass is 10.2. The van der Waals surface area contributed by atoms with Crippen LogP contribution in [0, 0.1) is 12.3 Å². The molecule has 1 N–H and O–H groups in total. The molecule has 0 aliphatic rings. The predicted octanol–water partition coefficient (Wildman–Crippen LogP) is 3.03. The highest BCUT2D eigenvalue weighted by molar-refractivity contribution is 9.11. The summed E-state index contributed by atoms with van der Waals surface area (Å²) in [5.74, 6) is 2.92. The molecule has 0 atom stereocenters. The first kappa shape index (κ1) is 12.1. The molecular weight excluding hydrogens is 326 g/mol. The largest absolute Gasteiger partial charge is 0.479 e. The molecule has 3 nitrogen and oxygen atoms in total. The Labute approximate surface area is 104 Å². The number of hydrogen-bond acceptors (Lipinski definition) is 3. The standard InChI is InChI=1S/C10H7Br2NO2/c1-2-3-15-10-7(6-13-14)4-8(11)5-9(10)12/h1,4-6,14H,3H2/b13-6-. The third-order valence-electron chi connectivity index (χ3n) is 1.53. The maximum absolute atomic E-state index is 8.49. The van der Waals surface area contributed by atoms with Crippen molar-refractivity contribution >= 4 is 38.1 Å². The van der Waals surface area contributed by atoms with E-state index in [4.69, 9.17) is 16.4 Å². The van der Waals surface area contributed by atoms with Crippen molar-refractivity contribution in [2.24, 2.45) is 5.16 Å². The lowest BCUT2D eigenvalue weighted by Crippen LogP contribution is -1.98. The molecule has 0 aliphatic carbocycles. The highest BCUT2D eigenvalue weighted by atomic mass is 79.9. The van der Waals surface area contributed by atoms with Crippen molar-refractivity contribution in [1.29, 1.82) is 0 Å². The summed E-state index contributed by atoms with van der Waals surface area (Å²) in [5.41, 5.74) is 0.633. The molecule has 1 aromatic rings. The molecule has 0 saturated heterocycles. The number of ether oxygens (including phenoxy) is 1. The summed E-state index contributed by atoms with van der Waals surface area (Å²) in [4.78, 5) is 0. The fourth-order valence-corrected chi connectivity index (χ4v) is 2.38. The zero-order chi connectivity index (χ0) is 11.3. The van der Waals surface area contributed by atoms with Gasteiger partial charge in [0.05, 0.1) is 10.7 Å². The predicted molar refractivity (Wildman–Crippen MR) is 65.6 cm³/mol. The van der Waals surface area contributed by atoms with Crippen LogP contribution >= 0.6 is 31.9 Å². The third-order valence-corrected chi connectivity index (χ3v) is 2.58. The molecule has 0 saturated carbocycles. The Bertz CT molecular complexity index is 424. The Morgan fingerprint density at radius 1 is 1.53 bits per heavy atom. The third kappa shape index (κ3) is 3.26. The van der Waals surface area contributed by atoms with Crippen LogP contribution in [0.1, 0.15) is 5.56 Å². The number of terminal acetylenes is 1. The number of benzene rings is 1. The van der Waals surface area contributed by atoms with Gasteiger partial charge in [-0.1, -0.05) is 27.0 Å². The fraction of sp³-hybridized carbons (Fsp3) is 0.100. The second-order valence-corrected chi connectivity index (χ2v) is 4.31. The van der Waals surface area contributed by atoms with E-state index >= 15 is 0 Å². The summed E-state index contributed by atoms with van der Waals surface area (Å²) in [6.45, 7) is 0.159. The van der Waals surface area contributed by atoms with Crippen LogP contribution in [-0.2, 0) is 0 Å². The molecule has 78 valence electrons. The zero-order valence-electron chi connectivity index (χ0n) is 7.58. The molecule has 15 heavy (non-hydrogen) atoms. The summed E-state index contributed by atoms with van der Waals surface area (Å²) in [7, 11) is 0. The number of oxime groups is 1. The highest BCUT2D eigenvalue weighted by Gasteiger charge is 2.08. The normalized spacial score (nSPS) is 10.2. The highest BCUT2D eigenvalue weighted by Crippen LogP contribution is 2.31. The van der Waals surface area contributed by atoms with E-state index in [0.29, 0.717) is 11.3 Å². The van der Waals surface area contributed by atoms with Crippen LogP contribution in [0.5, 0.6) is 5.75 Å². The minimum atomic E-state index is 0.159. The Morgan fingerprint density at radius 2 is 2.27 bits per heavy atom. The van der Waals surface area contributed by atoms with Gasteiger partial charge < -0.3 is 9.94 Å². The second-order valence-electron chi connectivity index (χ2n) is 2.54. The van der Waals surface area contributed by atoms with E-state index in [0.717, 1.165) is 8.95 Å². The molecule has 1 aromatic carbocycles. The minimum Gasteiger partial charge on any atom is -0.479 e. The van der Waals surface area contributed by atoms with Gasteiger partial charge in [0.25, 0.3) is 0 Å². The van der Waals surface area contributed by atoms with Crippen molar-refractivity contribution in [3.8, 4) is 18.1 Å². The van der Waals surface area contributed by atoms with Crippen molar-refractivity contribution in [2.45, 2.75) is 0 Å². The molecule has 0 bridgehead atoms. The molecule has 1 rings (SSSR count). The molecular formula is C10H7Br2NO2. The van der Waals surface area contributed by atoms with Gasteiger partial charge in [-0.05, 0) is 28.1 Å². The average molecular weight is 333 g/mol. The van der Waals surface area contributed by atoms with Gasteiger partial charge in [0, 0.05) is 10.0 Å². The average Bonchev–Trinajstić information content (AvgIpc) is 2.17. The molecule has 0 amide bonds. The SMILES string of the molecule is C#CCOc1c(Br)cc(Br)cc1/C=N\O. The van der Waals surface area contributed by atoms with Crippen molar-refractivity contribution < 1.29 is 9.94 Å². The molecule has 5 heteroatoms. The molecule has 0 radical (unpaired) electrons. The van der Waals surface area contributed by atoms with E-state index in [-0.39, 0.29) is 6.61 Å². The van der Waals surface area contributed by atoms with Crippen LogP contribution in [-0.4, -0.2) is 18.0 Å². The van der Waals surface area contributed by atoms with Gasteiger partial charge in [-0.3, -0.25) is 0 Å². The van der Waals surface area contributed by atoms with Gasteiger partial charge in [-0.2, -0.15) is 0 Å². The summed E-state index contributed by atoms with van der Waals surface area (Å²) in [6, 6.07) is 3.58. The first-order valence-corrected chi connectivity index (χ1v) is 5.50. The molecule has 0 unspecified atom stereocenters. The maximum Gasteiger partial charge on any atom is 0.148 e. The number of rotatable bonds is 3. The monoisotopic (exact) mass is 331 g/mol. The first-order valence-electron chi connectivity index (χ1n) is 3.91. The lowest BCUT2D eigenvalue weighted by Gasteiger charge is -2.08. The zero-order valence-corrected chi connectivity index (χ0v) is 10.7. The van der Waals surface area contributed by atoms with Crippen LogP contribution in [0.4, 0.5) is 0 Å². The van der Waals surface area contributed by atoms with Crippen molar-refractivity contribution in [1.82, 2.24) is 0 Å². The van der Waals surface area contributed by atoms with Gasteiger partial charge in [0.2, 0.25) is 0 Å². The quantitative estimate of drug-likeness (QED) is 0.400. The smallest absolute Gasteiger partial charge is 0.148 e. The summed E-state index contributed by atoms with van der Waals surface area (Å²) >= 11 is 6.65. The van der Waals surface area contributed by atoms with E-state index in [1.807, 2.05) is 6.07 Å². The van der Waals surface area contributed by atoms with Gasteiger partial charge in [-0.15, -0.1) is 6.42 Å². The lowest BCUT2D eigenvalue weighted by molar-refractivity contribution is 0.321. The Balaban J connectivity index is 3.15. The number of hydrogen-bond donors (Lipinski definition) is 1. The van der Waals surface area contributed by atoms with Gasteiger partial charge in [0.1, 0.15) is 12.4 Å². The Morgan fingerprint density at radius 3 is 2.87 bits per heavy atom. The van der Waals surface area contributed by atoms with Crippen LogP contribution in [0.3, 0.4) is 0 Å². The van der Waals surface area contributed by atoms with Crippen LogP contribution in [0.15, 0.2) is 26.2 Å². The van der Waals surface area contributed by atoms with Gasteiger partial charge in [0.15, 0.2) is 0 Å². The van der Waals surface area contributed by atoms with Gasteiger partial charge >= 0.3 is 0 Å². The molecule has 0 spiro atoms. The fourth-order valence-electron chi connectivity index (χ4n) is 1.00. The minimum absolute atomic E-state index is 0.159. The van der Waals surface area contributed by atoms with E-state index in [1.54, 1.807) is 6.07 Å². The maximum atomic E-state index is 8.49. The van der Waals surface area contributed by atoms with Gasteiger partial charge in [-0.25, -0.2) is 0 Å². The number of nitrogens with zero attached hydrogens (tertiary/aromatic N) is 1. The number of halogens is 2. The van der Waals surface area contributed by atoms with E-state index < -0.39 is 0 Å². The van der Waals surface area contributed by atoms with Crippen molar-refractivity contribution in [2.75, 3.05) is 6.61 Å². The van der Waals surface area contributed by atoms with E-state index in [2.05, 4.69) is 42.9 Å². The second kappa shape index (κ2) is 5.79. The van der Waals surface area contributed by atoms with Crippen molar-refractivity contribution in [3.63, 3.8) is 0 Å². The van der Waals surface area contributed by atoms with Crippen LogP contribution in [0.2, 0.25) is 0 Å². The molecule has 0 aromatic heterocycles. The molecule has 0 aliphatic heterocycles. The summed E-state index contributed by atoms with van der Waals surface area (Å²) in [5, 5.41) is 11.5. The Hall–Kier alpha value is -0.990. The van der Waals surface area contributed by atoms with Crippen LogP contribution < -0.4 is 4.74 Å². The molecule has 0 fully saturated rings. The van der Waals surface area contributed by atoms with Crippen molar-refractivity contribution in [3.05, 3.63) is 26.6 Å². The van der Waals surface area contributed by atoms with Crippen LogP contribution in [0.25, 0.3) is 0 Å². The Kier molecular flexibility index (Phi) is 4.66. The summed E-state index contributed by atoms with van der Waals surface area (Å²) < 4.78 is 6.90. The first-order chi connectivity index (χ1) is 7.19. The summed E-state index contributed by atoms with van der Waals surface area (Å²) in [6.07, 6.45) is 6.38. The molecule has 0 heterocycles. The van der Waals surface area contributed by atoms with E-state index in [1.165, 1.54) is 6.21 Å².